The topological polar surface area (TPSA) is 69.3 Å². The van der Waals surface area contributed by atoms with Crippen molar-refractivity contribution in [2.45, 2.75) is 19.8 Å². The van der Waals surface area contributed by atoms with Crippen LogP contribution in [-0.2, 0) is 11.8 Å². The fraction of sp³-hybridized carbons (Fsp3) is 0.412. The Morgan fingerprint density at radius 3 is 2.40 bits per heavy atom. The molecule has 0 N–H and O–H groups in total. The molecule has 6 nitrogen and oxygen atoms in total. The Labute approximate surface area is 155 Å². The highest BCUT2D eigenvalue weighted by Crippen LogP contribution is 2.35. The standard InChI is InChI=1S/C17H18N4O2S2/c1-10-11(8-13-16(23)20(3)17(24)25-13)14(21-6-4-5-7-21)19(2)15(22)12(10)9-18/h8H,4-7H2,1-3H3. The average molecular weight is 374 g/mol. The lowest BCUT2D eigenvalue weighted by Gasteiger charge is -2.25. The lowest BCUT2D eigenvalue weighted by atomic mass is 10.0. The summed E-state index contributed by atoms with van der Waals surface area (Å²) in [6.45, 7) is 3.47. The monoisotopic (exact) mass is 374 g/mol. The number of anilines is 1. The predicted octanol–water partition coefficient (Wildman–Crippen LogP) is 2.00. The van der Waals surface area contributed by atoms with Crippen molar-refractivity contribution in [1.82, 2.24) is 9.47 Å². The molecule has 1 amide bonds. The van der Waals surface area contributed by atoms with Crippen molar-refractivity contribution in [3.8, 4) is 6.07 Å². The van der Waals surface area contributed by atoms with Gasteiger partial charge in [0.15, 0.2) is 0 Å². The minimum absolute atomic E-state index is 0.115. The van der Waals surface area contributed by atoms with Gasteiger partial charge >= 0.3 is 0 Å². The molecule has 0 atom stereocenters. The summed E-state index contributed by atoms with van der Waals surface area (Å²) in [7, 11) is 3.33. The van der Waals surface area contributed by atoms with Gasteiger partial charge in [0.2, 0.25) is 0 Å². The van der Waals surface area contributed by atoms with E-state index < -0.39 is 0 Å². The largest absolute Gasteiger partial charge is 0.357 e. The molecule has 0 aromatic carbocycles. The van der Waals surface area contributed by atoms with Crippen LogP contribution in [-0.4, -0.2) is 39.8 Å². The zero-order chi connectivity index (χ0) is 18.3. The van der Waals surface area contributed by atoms with Gasteiger partial charge in [-0.25, -0.2) is 0 Å². The Balaban J connectivity index is 2.26. The van der Waals surface area contributed by atoms with Crippen molar-refractivity contribution in [3.63, 3.8) is 0 Å². The van der Waals surface area contributed by atoms with E-state index in [0.717, 1.165) is 37.3 Å². The molecule has 1 aromatic heterocycles. The average Bonchev–Trinajstić information content (AvgIpc) is 3.19. The number of amides is 1. The van der Waals surface area contributed by atoms with Crippen molar-refractivity contribution in [2.75, 3.05) is 25.0 Å². The number of likely N-dealkylation sites (N-methyl/N-ethyl adjacent to an activating group) is 1. The molecule has 0 unspecified atom stereocenters. The molecule has 2 fully saturated rings. The normalized spacial score (nSPS) is 19.2. The van der Waals surface area contributed by atoms with Gasteiger partial charge in [-0.3, -0.25) is 19.1 Å². The molecule has 0 radical (unpaired) electrons. The predicted molar refractivity (Wildman–Crippen MR) is 104 cm³/mol. The lowest BCUT2D eigenvalue weighted by molar-refractivity contribution is -0.121. The minimum atomic E-state index is -0.304. The van der Waals surface area contributed by atoms with Crippen LogP contribution in [0, 0.1) is 18.3 Å². The number of hydrogen-bond acceptors (Lipinski definition) is 6. The second kappa shape index (κ2) is 6.65. The van der Waals surface area contributed by atoms with Crippen LogP contribution in [0.2, 0.25) is 0 Å². The molecule has 2 aliphatic heterocycles. The van der Waals surface area contributed by atoms with Crippen molar-refractivity contribution in [1.29, 1.82) is 5.26 Å². The number of thioether (sulfide) groups is 1. The SMILES string of the molecule is Cc1c(C=C2SC(=S)N(C)C2=O)c(N2CCCC2)n(C)c(=O)c1C#N. The van der Waals surface area contributed by atoms with E-state index in [9.17, 15) is 14.9 Å². The van der Waals surface area contributed by atoms with Crippen molar-refractivity contribution in [2.24, 2.45) is 7.05 Å². The second-order valence-electron chi connectivity index (χ2n) is 6.15. The van der Waals surface area contributed by atoms with Crippen molar-refractivity contribution in [3.05, 3.63) is 31.9 Å². The number of nitrogens with zero attached hydrogens (tertiary/aromatic N) is 4. The van der Waals surface area contributed by atoms with Gasteiger partial charge in [0.1, 0.15) is 21.8 Å². The van der Waals surface area contributed by atoms with E-state index in [0.29, 0.717) is 14.8 Å². The molecule has 3 heterocycles. The van der Waals surface area contributed by atoms with Gasteiger partial charge in [-0.1, -0.05) is 24.0 Å². The van der Waals surface area contributed by atoms with E-state index in [1.807, 2.05) is 6.07 Å². The summed E-state index contributed by atoms with van der Waals surface area (Å²) in [5.74, 6) is 0.606. The van der Waals surface area contributed by atoms with E-state index in [2.05, 4.69) is 4.90 Å². The summed E-state index contributed by atoms with van der Waals surface area (Å²) in [6, 6.07) is 2.01. The van der Waals surface area contributed by atoms with Crippen LogP contribution in [0.25, 0.3) is 6.08 Å². The van der Waals surface area contributed by atoms with Gasteiger partial charge in [-0.15, -0.1) is 0 Å². The fourth-order valence-electron chi connectivity index (χ4n) is 3.20. The van der Waals surface area contributed by atoms with E-state index in [1.165, 1.54) is 21.2 Å². The molecular weight excluding hydrogens is 356 g/mol. The highest BCUT2D eigenvalue weighted by atomic mass is 32.2. The third-order valence-corrected chi connectivity index (χ3v) is 6.12. The Hall–Kier alpha value is -2.11. The summed E-state index contributed by atoms with van der Waals surface area (Å²) in [4.78, 5) is 29.0. The van der Waals surface area contributed by atoms with Crippen LogP contribution in [0.4, 0.5) is 5.82 Å². The highest BCUT2D eigenvalue weighted by Gasteiger charge is 2.30. The number of thiocarbonyl (C=S) groups is 1. The lowest BCUT2D eigenvalue weighted by Crippen LogP contribution is -2.31. The fourth-order valence-corrected chi connectivity index (χ4v) is 4.36. The third kappa shape index (κ3) is 2.87. The number of pyridine rings is 1. The van der Waals surface area contributed by atoms with Gasteiger partial charge in [-0.2, -0.15) is 5.26 Å². The van der Waals surface area contributed by atoms with Crippen LogP contribution in [0.1, 0.15) is 29.5 Å². The molecule has 2 aliphatic rings. The van der Waals surface area contributed by atoms with Gasteiger partial charge < -0.3 is 4.90 Å². The molecule has 130 valence electrons. The van der Waals surface area contributed by atoms with E-state index >= 15 is 0 Å². The molecule has 25 heavy (non-hydrogen) atoms. The summed E-state index contributed by atoms with van der Waals surface area (Å²) < 4.78 is 2.03. The molecule has 8 heteroatoms. The molecule has 0 aliphatic carbocycles. The van der Waals surface area contributed by atoms with Gasteiger partial charge in [-0.05, 0) is 31.4 Å². The first-order valence-electron chi connectivity index (χ1n) is 7.97. The van der Waals surface area contributed by atoms with Gasteiger partial charge in [0.05, 0.1) is 4.91 Å². The third-order valence-electron chi connectivity index (χ3n) is 4.64. The Morgan fingerprint density at radius 1 is 1.24 bits per heavy atom. The maximum atomic E-state index is 12.5. The quantitative estimate of drug-likeness (QED) is 0.583. The van der Waals surface area contributed by atoms with Gasteiger partial charge in [0.25, 0.3) is 11.5 Å². The first-order chi connectivity index (χ1) is 11.9. The van der Waals surface area contributed by atoms with Crippen molar-refractivity contribution >= 4 is 46.1 Å². The molecule has 3 rings (SSSR count). The first kappa shape index (κ1) is 17.7. The number of rotatable bonds is 2. The molecular formula is C17H18N4O2S2. The molecule has 1 aromatic rings. The Kier molecular flexibility index (Phi) is 4.71. The Bertz CT molecular complexity index is 905. The maximum Gasteiger partial charge on any atom is 0.270 e. The number of hydrogen-bond donors (Lipinski definition) is 0. The van der Waals surface area contributed by atoms with E-state index in [-0.39, 0.29) is 17.0 Å². The summed E-state index contributed by atoms with van der Waals surface area (Å²) >= 11 is 6.43. The molecule has 2 saturated heterocycles. The minimum Gasteiger partial charge on any atom is -0.357 e. The van der Waals surface area contributed by atoms with Crippen LogP contribution >= 0.6 is 24.0 Å². The molecule has 0 saturated carbocycles. The molecule has 0 spiro atoms. The second-order valence-corrected chi connectivity index (χ2v) is 7.82. The smallest absolute Gasteiger partial charge is 0.270 e. The Morgan fingerprint density at radius 2 is 1.88 bits per heavy atom. The van der Waals surface area contributed by atoms with E-state index in [1.54, 1.807) is 27.1 Å². The zero-order valence-corrected chi connectivity index (χ0v) is 16.0. The van der Waals surface area contributed by atoms with Crippen LogP contribution in [0.15, 0.2) is 9.70 Å². The number of carbonyl (C=O) groups is 1. The van der Waals surface area contributed by atoms with Crippen LogP contribution < -0.4 is 10.5 Å². The van der Waals surface area contributed by atoms with E-state index in [4.69, 9.17) is 12.2 Å². The number of carbonyl (C=O) groups excluding carboxylic acids is 1. The number of aromatic nitrogens is 1. The summed E-state index contributed by atoms with van der Waals surface area (Å²) in [5, 5.41) is 9.40. The van der Waals surface area contributed by atoms with Crippen LogP contribution in [0.5, 0.6) is 0 Å². The maximum absolute atomic E-state index is 12.5. The van der Waals surface area contributed by atoms with Crippen molar-refractivity contribution < 1.29 is 4.79 Å². The first-order valence-corrected chi connectivity index (χ1v) is 9.19. The number of nitriles is 1. The summed E-state index contributed by atoms with van der Waals surface area (Å²) in [6.07, 6.45) is 3.89. The highest BCUT2D eigenvalue weighted by molar-refractivity contribution is 8.26. The van der Waals surface area contributed by atoms with Crippen LogP contribution in [0.3, 0.4) is 0 Å². The summed E-state index contributed by atoms with van der Waals surface area (Å²) in [5.41, 5.74) is 1.16. The molecule has 0 bridgehead atoms. The van der Waals surface area contributed by atoms with Gasteiger partial charge in [0, 0.05) is 32.7 Å². The zero-order valence-electron chi connectivity index (χ0n) is 14.3.